The van der Waals surface area contributed by atoms with Crippen molar-refractivity contribution in [2.45, 2.75) is 76.1 Å². The molecule has 1 fully saturated rings. The van der Waals surface area contributed by atoms with Gasteiger partial charge in [0.25, 0.3) is 0 Å². The van der Waals surface area contributed by atoms with Crippen LogP contribution in [-0.2, 0) is 4.79 Å². The molecule has 30 heavy (non-hydrogen) atoms. The maximum Gasteiger partial charge on any atom is 0.303 e. The van der Waals surface area contributed by atoms with Crippen LogP contribution < -0.4 is 0 Å². The number of hydrogen-bond acceptors (Lipinski definition) is 4. The minimum atomic E-state index is -0.787. The molecule has 1 aliphatic carbocycles. The van der Waals surface area contributed by atoms with E-state index >= 15 is 0 Å². The molecule has 1 aromatic rings. The van der Waals surface area contributed by atoms with Gasteiger partial charge in [0, 0.05) is 12.0 Å². The van der Waals surface area contributed by atoms with Crippen LogP contribution in [0.1, 0.15) is 63.4 Å². The number of carbonyl (C=O) groups is 1. The molecule has 4 N–H and O–H groups in total. The van der Waals surface area contributed by atoms with Crippen LogP contribution in [0.4, 0.5) is 4.39 Å². The van der Waals surface area contributed by atoms with E-state index in [9.17, 15) is 24.5 Å². The topological polar surface area (TPSA) is 98.0 Å². The van der Waals surface area contributed by atoms with E-state index in [2.05, 4.69) is 0 Å². The van der Waals surface area contributed by atoms with Gasteiger partial charge in [-0.05, 0) is 50.0 Å². The fourth-order valence-electron chi connectivity index (χ4n) is 4.31. The van der Waals surface area contributed by atoms with E-state index in [-0.39, 0.29) is 23.3 Å². The van der Waals surface area contributed by atoms with Gasteiger partial charge in [-0.15, -0.1) is 0 Å². The molecule has 5 nitrogen and oxygen atoms in total. The Balaban J connectivity index is 1.80. The summed E-state index contributed by atoms with van der Waals surface area (Å²) in [5, 5.41) is 39.6. The van der Waals surface area contributed by atoms with Crippen LogP contribution in [0.5, 0.6) is 0 Å². The van der Waals surface area contributed by atoms with Crippen molar-refractivity contribution < 1.29 is 29.6 Å². The Kier molecular flexibility index (Phi) is 10.2. The van der Waals surface area contributed by atoms with E-state index in [1.165, 1.54) is 18.2 Å². The molecule has 168 valence electrons. The number of carboxylic acids is 1. The third-order valence-corrected chi connectivity index (χ3v) is 6.27. The zero-order valence-corrected chi connectivity index (χ0v) is 17.8. The molecule has 0 spiro atoms. The first-order valence-electron chi connectivity index (χ1n) is 10.7. The molecule has 7 heteroatoms. The largest absolute Gasteiger partial charge is 0.481 e. The second kappa shape index (κ2) is 12.4. The Morgan fingerprint density at radius 1 is 1.13 bits per heavy atom. The highest BCUT2D eigenvalue weighted by atomic mass is 35.5. The molecule has 0 saturated heterocycles. The number of hydrogen-bond donors (Lipinski definition) is 4. The number of aliphatic hydroxyl groups is 3. The Bertz CT molecular complexity index is 711. The number of rotatable bonds is 12. The quantitative estimate of drug-likeness (QED) is 0.359. The summed E-state index contributed by atoms with van der Waals surface area (Å²) in [6.07, 6.45) is 6.60. The van der Waals surface area contributed by atoms with Gasteiger partial charge in [0.1, 0.15) is 5.82 Å². The van der Waals surface area contributed by atoms with E-state index in [0.717, 1.165) is 25.7 Å². The standard InChI is InChI=1S/C23H32ClFO5/c24-19-8-5-6-15(23(19)25)10-11-16(26)12-13-18-17(20(27)14-21(18)28)7-3-1-2-4-9-22(29)30/h5-6,8,10-11,16-18,20-21,26-28H,1-4,7,9,12-14H2,(H,29,30)/b11-10+/t16?,17-,18-,20+,21-/m1/s1. The minimum Gasteiger partial charge on any atom is -0.481 e. The predicted octanol–water partition coefficient (Wildman–Crippen LogP) is 4.42. The van der Waals surface area contributed by atoms with Crippen LogP contribution >= 0.6 is 11.6 Å². The van der Waals surface area contributed by atoms with Gasteiger partial charge in [0.15, 0.2) is 0 Å². The number of aliphatic carboxylic acids is 1. The average molecular weight is 443 g/mol. The van der Waals surface area contributed by atoms with Crippen molar-refractivity contribution in [2.75, 3.05) is 0 Å². The first-order valence-corrected chi connectivity index (χ1v) is 11.1. The summed E-state index contributed by atoms with van der Waals surface area (Å²) in [5.74, 6) is -1.43. The highest BCUT2D eigenvalue weighted by Gasteiger charge is 2.40. The minimum absolute atomic E-state index is 0.0268. The monoisotopic (exact) mass is 442 g/mol. The molecule has 1 aliphatic rings. The van der Waals surface area contributed by atoms with Crippen molar-refractivity contribution in [2.24, 2.45) is 11.8 Å². The van der Waals surface area contributed by atoms with E-state index in [1.807, 2.05) is 0 Å². The van der Waals surface area contributed by atoms with Crippen LogP contribution in [0.15, 0.2) is 24.3 Å². The fraction of sp³-hybridized carbons (Fsp3) is 0.609. The summed E-state index contributed by atoms with van der Waals surface area (Å²) in [6.45, 7) is 0. The highest BCUT2D eigenvalue weighted by Crippen LogP contribution is 2.39. The Hall–Kier alpha value is -1.47. The lowest BCUT2D eigenvalue weighted by atomic mass is 9.85. The smallest absolute Gasteiger partial charge is 0.303 e. The van der Waals surface area contributed by atoms with Gasteiger partial charge in [-0.2, -0.15) is 0 Å². The number of carboxylic acid groups (broad SMARTS) is 1. The second-order valence-corrected chi connectivity index (χ2v) is 8.60. The summed E-state index contributed by atoms with van der Waals surface area (Å²) in [6, 6.07) is 4.68. The van der Waals surface area contributed by atoms with Crippen LogP contribution in [0.25, 0.3) is 6.08 Å². The van der Waals surface area contributed by atoms with Crippen LogP contribution in [-0.4, -0.2) is 44.7 Å². The van der Waals surface area contributed by atoms with Gasteiger partial charge < -0.3 is 20.4 Å². The number of aliphatic hydroxyl groups excluding tert-OH is 3. The lowest BCUT2D eigenvalue weighted by molar-refractivity contribution is -0.137. The summed E-state index contributed by atoms with van der Waals surface area (Å²) >= 11 is 5.76. The van der Waals surface area contributed by atoms with Gasteiger partial charge >= 0.3 is 5.97 Å². The van der Waals surface area contributed by atoms with Gasteiger partial charge in [-0.1, -0.05) is 55.1 Å². The first kappa shape index (κ1) is 24.8. The Morgan fingerprint density at radius 3 is 2.50 bits per heavy atom. The zero-order chi connectivity index (χ0) is 22.1. The van der Waals surface area contributed by atoms with Gasteiger partial charge in [0.05, 0.1) is 23.3 Å². The lowest BCUT2D eigenvalue weighted by Gasteiger charge is -2.24. The summed E-state index contributed by atoms with van der Waals surface area (Å²) in [7, 11) is 0. The van der Waals surface area contributed by atoms with E-state index in [4.69, 9.17) is 16.7 Å². The summed E-state index contributed by atoms with van der Waals surface area (Å²) in [5.41, 5.74) is 0.304. The van der Waals surface area contributed by atoms with E-state index in [0.29, 0.717) is 31.2 Å². The van der Waals surface area contributed by atoms with Crippen molar-refractivity contribution in [3.63, 3.8) is 0 Å². The van der Waals surface area contributed by atoms with Crippen molar-refractivity contribution in [1.82, 2.24) is 0 Å². The predicted molar refractivity (Wildman–Crippen MR) is 115 cm³/mol. The number of unbranched alkanes of at least 4 members (excludes halogenated alkanes) is 3. The molecule has 1 unspecified atom stereocenters. The molecular weight excluding hydrogens is 411 g/mol. The molecule has 5 atom stereocenters. The van der Waals surface area contributed by atoms with Gasteiger partial charge in [0.2, 0.25) is 0 Å². The van der Waals surface area contributed by atoms with Crippen LogP contribution in [0, 0.1) is 17.7 Å². The average Bonchev–Trinajstić information content (AvgIpc) is 2.96. The first-order chi connectivity index (χ1) is 14.3. The highest BCUT2D eigenvalue weighted by molar-refractivity contribution is 6.30. The third-order valence-electron chi connectivity index (χ3n) is 5.97. The van der Waals surface area contributed by atoms with Crippen molar-refractivity contribution in [1.29, 1.82) is 0 Å². The lowest BCUT2D eigenvalue weighted by Crippen LogP contribution is -2.23. The third kappa shape index (κ3) is 7.65. The summed E-state index contributed by atoms with van der Waals surface area (Å²) < 4.78 is 13.9. The maximum absolute atomic E-state index is 13.9. The van der Waals surface area contributed by atoms with E-state index < -0.39 is 30.1 Å². The maximum atomic E-state index is 13.9. The molecule has 0 radical (unpaired) electrons. The normalized spacial score (nSPS) is 25.1. The molecule has 0 heterocycles. The van der Waals surface area contributed by atoms with Crippen LogP contribution in [0.2, 0.25) is 5.02 Å². The number of halogens is 2. The Morgan fingerprint density at radius 2 is 1.80 bits per heavy atom. The molecular formula is C23H32ClFO5. The number of benzene rings is 1. The van der Waals surface area contributed by atoms with E-state index in [1.54, 1.807) is 12.1 Å². The van der Waals surface area contributed by atoms with Gasteiger partial charge in [-0.25, -0.2) is 4.39 Å². The molecule has 2 rings (SSSR count). The van der Waals surface area contributed by atoms with Crippen molar-refractivity contribution in [3.8, 4) is 0 Å². The SMILES string of the molecule is O=C(O)CCCCCC[C@@H]1[C@@H](CCC(O)/C=C/c2cccc(Cl)c2F)[C@H](O)C[C@@H]1O. The molecule has 1 saturated carbocycles. The summed E-state index contributed by atoms with van der Waals surface area (Å²) in [4.78, 5) is 10.5. The molecule has 0 amide bonds. The van der Waals surface area contributed by atoms with Crippen molar-refractivity contribution >= 4 is 23.6 Å². The zero-order valence-electron chi connectivity index (χ0n) is 17.1. The second-order valence-electron chi connectivity index (χ2n) is 8.19. The van der Waals surface area contributed by atoms with Crippen molar-refractivity contribution in [3.05, 3.63) is 40.7 Å². The molecule has 0 aromatic heterocycles. The van der Waals surface area contributed by atoms with Crippen LogP contribution in [0.3, 0.4) is 0 Å². The van der Waals surface area contributed by atoms with Gasteiger partial charge in [-0.3, -0.25) is 4.79 Å². The molecule has 0 bridgehead atoms. The Labute approximate surface area is 182 Å². The fourth-order valence-corrected chi connectivity index (χ4v) is 4.50. The molecule has 1 aromatic carbocycles. The molecule has 0 aliphatic heterocycles.